The molecule has 0 aromatic heterocycles. The molecule has 25 heavy (non-hydrogen) atoms. The summed E-state index contributed by atoms with van der Waals surface area (Å²) in [4.78, 5) is 25.0. The number of carbonyl (C=O) groups is 2. The Hall–Kier alpha value is -2.95. The van der Waals surface area contributed by atoms with Crippen molar-refractivity contribution in [3.63, 3.8) is 0 Å². The lowest BCUT2D eigenvalue weighted by molar-refractivity contribution is -0.147. The number of amides is 2. The van der Waals surface area contributed by atoms with Crippen LogP contribution in [0.4, 0.5) is 4.79 Å². The molecule has 0 aliphatic heterocycles. The maximum Gasteiger partial charge on any atom is 0.329 e. The van der Waals surface area contributed by atoms with Crippen LogP contribution in [0.1, 0.15) is 25.8 Å². The van der Waals surface area contributed by atoms with Crippen LogP contribution in [0.5, 0.6) is 11.5 Å². The number of hydrogen-bond acceptors (Lipinski definition) is 5. The number of rotatable bonds is 8. The number of benzene rings is 1. The number of methoxy groups -OCH3 is 2. The van der Waals surface area contributed by atoms with Crippen molar-refractivity contribution < 1.29 is 24.2 Å². The first kappa shape index (κ1) is 20.1. The third kappa shape index (κ3) is 5.01. The van der Waals surface area contributed by atoms with Gasteiger partial charge in [-0.3, -0.25) is 0 Å². The average Bonchev–Trinajstić information content (AvgIpc) is 2.59. The van der Waals surface area contributed by atoms with Crippen molar-refractivity contribution >= 4 is 12.0 Å². The topological polar surface area (TPSA) is 112 Å². The fraction of sp³-hybridized carbons (Fsp3) is 0.471. The molecule has 2 amide bonds. The van der Waals surface area contributed by atoms with Gasteiger partial charge in [-0.05, 0) is 31.5 Å². The maximum absolute atomic E-state index is 12.4. The fourth-order valence-corrected chi connectivity index (χ4v) is 2.18. The van der Waals surface area contributed by atoms with E-state index in [-0.39, 0.29) is 19.5 Å². The van der Waals surface area contributed by atoms with Gasteiger partial charge < -0.3 is 24.8 Å². The smallest absolute Gasteiger partial charge is 0.329 e. The molecule has 0 saturated heterocycles. The summed E-state index contributed by atoms with van der Waals surface area (Å²) in [5.74, 6) is -0.0478. The highest BCUT2D eigenvalue weighted by Gasteiger charge is 2.37. The van der Waals surface area contributed by atoms with Gasteiger partial charge in [0.05, 0.1) is 26.7 Å². The Morgan fingerprint density at radius 3 is 2.44 bits per heavy atom. The first-order valence-electron chi connectivity index (χ1n) is 7.64. The predicted octanol–water partition coefficient (Wildman–Crippen LogP) is 1.99. The standard InChI is InChI=1S/C17H23N3O5/c1-17(2,15(21)22)20(9-5-8-18)16(23)19-11-12-6-7-13(24-3)14(10-12)25-4/h6-7,10H,5,9,11H2,1-4H3,(H,19,23)(H,21,22). The van der Waals surface area contributed by atoms with Gasteiger partial charge in [0.25, 0.3) is 0 Å². The minimum absolute atomic E-state index is 0.0214. The monoisotopic (exact) mass is 349 g/mol. The summed E-state index contributed by atoms with van der Waals surface area (Å²) in [5.41, 5.74) is -0.669. The lowest BCUT2D eigenvalue weighted by Gasteiger charge is -2.34. The molecular weight excluding hydrogens is 326 g/mol. The van der Waals surface area contributed by atoms with Crippen LogP contribution in [0.3, 0.4) is 0 Å². The highest BCUT2D eigenvalue weighted by Crippen LogP contribution is 2.27. The zero-order chi connectivity index (χ0) is 19.0. The van der Waals surface area contributed by atoms with Gasteiger partial charge in [-0.1, -0.05) is 6.07 Å². The van der Waals surface area contributed by atoms with Crippen LogP contribution in [-0.4, -0.2) is 48.3 Å². The van der Waals surface area contributed by atoms with E-state index in [1.807, 2.05) is 6.07 Å². The van der Waals surface area contributed by atoms with Crippen molar-refractivity contribution in [2.24, 2.45) is 0 Å². The zero-order valence-electron chi connectivity index (χ0n) is 14.8. The predicted molar refractivity (Wildman–Crippen MR) is 90.4 cm³/mol. The summed E-state index contributed by atoms with van der Waals surface area (Å²) >= 11 is 0. The highest BCUT2D eigenvalue weighted by molar-refractivity contribution is 5.85. The highest BCUT2D eigenvalue weighted by atomic mass is 16.5. The van der Waals surface area contributed by atoms with Crippen molar-refractivity contribution in [3.05, 3.63) is 23.8 Å². The third-order valence-electron chi connectivity index (χ3n) is 3.78. The van der Waals surface area contributed by atoms with Gasteiger partial charge in [0.2, 0.25) is 0 Å². The largest absolute Gasteiger partial charge is 0.493 e. The molecule has 0 heterocycles. The molecular formula is C17H23N3O5. The number of carbonyl (C=O) groups excluding carboxylic acids is 1. The molecule has 0 atom stereocenters. The van der Waals surface area contributed by atoms with Crippen molar-refractivity contribution in [3.8, 4) is 17.6 Å². The van der Waals surface area contributed by atoms with Crippen molar-refractivity contribution in [1.29, 1.82) is 5.26 Å². The van der Waals surface area contributed by atoms with Crippen LogP contribution in [0, 0.1) is 11.3 Å². The number of nitrogens with one attached hydrogen (secondary N) is 1. The van der Waals surface area contributed by atoms with E-state index in [1.54, 1.807) is 18.2 Å². The Kier molecular flexibility index (Phi) is 7.06. The molecule has 0 radical (unpaired) electrons. The molecule has 136 valence electrons. The summed E-state index contributed by atoms with van der Waals surface area (Å²) in [6.07, 6.45) is 0.0422. The van der Waals surface area contributed by atoms with E-state index in [9.17, 15) is 14.7 Å². The molecule has 0 aliphatic rings. The molecule has 1 aromatic carbocycles. The summed E-state index contributed by atoms with van der Waals surface area (Å²) < 4.78 is 10.4. The first-order valence-corrected chi connectivity index (χ1v) is 7.64. The number of carboxylic acid groups (broad SMARTS) is 1. The summed E-state index contributed by atoms with van der Waals surface area (Å²) in [5, 5.41) is 20.7. The van der Waals surface area contributed by atoms with Crippen LogP contribution in [0.25, 0.3) is 0 Å². The van der Waals surface area contributed by atoms with E-state index in [1.165, 1.54) is 28.1 Å². The maximum atomic E-state index is 12.4. The molecule has 0 unspecified atom stereocenters. The Bertz CT molecular complexity index is 667. The Morgan fingerprint density at radius 2 is 1.92 bits per heavy atom. The van der Waals surface area contributed by atoms with Crippen LogP contribution in [-0.2, 0) is 11.3 Å². The van der Waals surface area contributed by atoms with E-state index >= 15 is 0 Å². The molecule has 8 nitrogen and oxygen atoms in total. The number of aliphatic carboxylic acids is 1. The van der Waals surface area contributed by atoms with Crippen molar-refractivity contribution in [1.82, 2.24) is 10.2 Å². The van der Waals surface area contributed by atoms with E-state index in [0.29, 0.717) is 11.5 Å². The fourth-order valence-electron chi connectivity index (χ4n) is 2.18. The number of nitriles is 1. The zero-order valence-corrected chi connectivity index (χ0v) is 14.8. The Morgan fingerprint density at radius 1 is 1.28 bits per heavy atom. The number of carboxylic acids is 1. The van der Waals surface area contributed by atoms with Crippen molar-refractivity contribution in [2.45, 2.75) is 32.4 Å². The van der Waals surface area contributed by atoms with Crippen LogP contribution in [0.2, 0.25) is 0 Å². The van der Waals surface area contributed by atoms with Crippen molar-refractivity contribution in [2.75, 3.05) is 20.8 Å². The molecule has 0 aliphatic carbocycles. The summed E-state index contributed by atoms with van der Waals surface area (Å²) in [6.45, 7) is 3.04. The number of ether oxygens (including phenoxy) is 2. The molecule has 0 fully saturated rings. The van der Waals surface area contributed by atoms with Gasteiger partial charge in [0.15, 0.2) is 11.5 Å². The van der Waals surface area contributed by atoms with Gasteiger partial charge in [-0.25, -0.2) is 9.59 Å². The Balaban J connectivity index is 2.87. The van der Waals surface area contributed by atoms with Gasteiger partial charge in [0, 0.05) is 13.1 Å². The lowest BCUT2D eigenvalue weighted by atomic mass is 10.0. The SMILES string of the molecule is COc1ccc(CNC(=O)N(CCC#N)C(C)(C)C(=O)O)cc1OC. The van der Waals surface area contributed by atoms with Gasteiger partial charge in [0.1, 0.15) is 5.54 Å². The molecule has 0 saturated carbocycles. The number of nitrogens with zero attached hydrogens (tertiary/aromatic N) is 2. The summed E-state index contributed by atoms with van der Waals surface area (Å²) in [6, 6.07) is 6.57. The first-order chi connectivity index (χ1) is 11.8. The second-order valence-corrected chi connectivity index (χ2v) is 5.77. The van der Waals surface area contributed by atoms with Gasteiger partial charge in [-0.15, -0.1) is 0 Å². The molecule has 0 bridgehead atoms. The Labute approximate surface area is 146 Å². The van der Waals surface area contributed by atoms with Gasteiger partial charge in [-0.2, -0.15) is 5.26 Å². The normalized spacial score (nSPS) is 10.5. The minimum atomic E-state index is -1.43. The number of urea groups is 1. The quantitative estimate of drug-likeness (QED) is 0.742. The van der Waals surface area contributed by atoms with E-state index < -0.39 is 17.5 Å². The summed E-state index contributed by atoms with van der Waals surface area (Å²) in [7, 11) is 3.04. The molecule has 2 N–H and O–H groups in total. The molecule has 1 rings (SSSR count). The second-order valence-electron chi connectivity index (χ2n) is 5.77. The van der Waals surface area contributed by atoms with E-state index in [0.717, 1.165) is 10.5 Å². The van der Waals surface area contributed by atoms with Gasteiger partial charge >= 0.3 is 12.0 Å². The lowest BCUT2D eigenvalue weighted by Crippen LogP contribution is -2.56. The van der Waals surface area contributed by atoms with E-state index in [2.05, 4.69) is 5.32 Å². The minimum Gasteiger partial charge on any atom is -0.493 e. The molecule has 0 spiro atoms. The molecule has 1 aromatic rings. The third-order valence-corrected chi connectivity index (χ3v) is 3.78. The number of hydrogen-bond donors (Lipinski definition) is 2. The van der Waals surface area contributed by atoms with Crippen LogP contribution >= 0.6 is 0 Å². The molecule has 8 heteroatoms. The van der Waals surface area contributed by atoms with E-state index in [4.69, 9.17) is 14.7 Å². The van der Waals surface area contributed by atoms with Crippen LogP contribution < -0.4 is 14.8 Å². The average molecular weight is 349 g/mol. The second kappa shape index (κ2) is 8.78. The van der Waals surface area contributed by atoms with Crippen LogP contribution in [0.15, 0.2) is 18.2 Å².